The average molecular weight is 364 g/mol. The summed E-state index contributed by atoms with van der Waals surface area (Å²) in [6, 6.07) is 12.8. The van der Waals surface area contributed by atoms with Crippen molar-refractivity contribution in [1.82, 2.24) is 9.55 Å². The van der Waals surface area contributed by atoms with Gasteiger partial charge in [-0.3, -0.25) is 0 Å². The molecule has 0 aliphatic carbocycles. The van der Waals surface area contributed by atoms with Gasteiger partial charge in [0.25, 0.3) is 0 Å². The van der Waals surface area contributed by atoms with Crippen molar-refractivity contribution in [3.8, 4) is 5.75 Å². The van der Waals surface area contributed by atoms with Crippen molar-refractivity contribution in [2.24, 2.45) is 0 Å². The number of hydrogen-bond acceptors (Lipinski definition) is 3. The lowest BCUT2D eigenvalue weighted by molar-refractivity contribution is -0.137. The first-order valence-electron chi connectivity index (χ1n) is 8.31. The van der Waals surface area contributed by atoms with Crippen LogP contribution in [0.2, 0.25) is 0 Å². The topological polar surface area (TPSA) is 36.3 Å². The van der Waals surface area contributed by atoms with Crippen LogP contribution in [0, 0.1) is 0 Å². The SMILES string of the molecule is CCOCCn1c(COc2ccccc2)nc2cc(C(F)(F)F)ccc21. The van der Waals surface area contributed by atoms with Gasteiger partial charge in [-0.15, -0.1) is 0 Å². The minimum absolute atomic E-state index is 0.159. The molecule has 1 aromatic heterocycles. The van der Waals surface area contributed by atoms with E-state index in [0.29, 0.717) is 42.4 Å². The molecule has 26 heavy (non-hydrogen) atoms. The molecule has 4 nitrogen and oxygen atoms in total. The molecule has 1 heterocycles. The molecular weight excluding hydrogens is 345 g/mol. The number of nitrogens with zero attached hydrogens (tertiary/aromatic N) is 2. The normalized spacial score (nSPS) is 11.8. The van der Waals surface area contributed by atoms with Crippen LogP contribution in [-0.2, 0) is 24.1 Å². The summed E-state index contributed by atoms with van der Waals surface area (Å²) in [6.07, 6.45) is -4.40. The van der Waals surface area contributed by atoms with E-state index in [1.807, 2.05) is 41.8 Å². The third-order valence-electron chi connectivity index (χ3n) is 3.93. The van der Waals surface area contributed by atoms with Crippen LogP contribution in [0.4, 0.5) is 13.2 Å². The van der Waals surface area contributed by atoms with Crippen LogP contribution in [0.5, 0.6) is 5.75 Å². The van der Waals surface area contributed by atoms with Gasteiger partial charge >= 0.3 is 6.18 Å². The Morgan fingerprint density at radius 1 is 1.08 bits per heavy atom. The molecule has 138 valence electrons. The molecule has 0 saturated carbocycles. The quantitative estimate of drug-likeness (QED) is 0.572. The zero-order valence-electron chi connectivity index (χ0n) is 14.3. The van der Waals surface area contributed by atoms with Crippen LogP contribution in [0.1, 0.15) is 18.3 Å². The van der Waals surface area contributed by atoms with Gasteiger partial charge in [0, 0.05) is 13.2 Å². The molecule has 0 fully saturated rings. The maximum atomic E-state index is 13.0. The van der Waals surface area contributed by atoms with Gasteiger partial charge in [-0.1, -0.05) is 18.2 Å². The Morgan fingerprint density at radius 2 is 1.85 bits per heavy atom. The summed E-state index contributed by atoms with van der Waals surface area (Å²) in [6.45, 7) is 3.55. The summed E-state index contributed by atoms with van der Waals surface area (Å²) < 4.78 is 51.8. The van der Waals surface area contributed by atoms with E-state index in [9.17, 15) is 13.2 Å². The monoisotopic (exact) mass is 364 g/mol. The molecule has 0 bridgehead atoms. The third-order valence-corrected chi connectivity index (χ3v) is 3.93. The first kappa shape index (κ1) is 18.3. The lowest BCUT2D eigenvalue weighted by Gasteiger charge is -2.11. The van der Waals surface area contributed by atoms with Crippen molar-refractivity contribution < 1.29 is 22.6 Å². The second-order valence-corrected chi connectivity index (χ2v) is 5.68. The van der Waals surface area contributed by atoms with Crippen LogP contribution in [-0.4, -0.2) is 22.8 Å². The number of alkyl halides is 3. The predicted molar refractivity (Wildman–Crippen MR) is 92.0 cm³/mol. The van der Waals surface area contributed by atoms with Crippen LogP contribution >= 0.6 is 0 Å². The van der Waals surface area contributed by atoms with E-state index in [0.717, 1.165) is 12.1 Å². The van der Waals surface area contributed by atoms with Crippen molar-refractivity contribution in [1.29, 1.82) is 0 Å². The lowest BCUT2D eigenvalue weighted by atomic mass is 10.2. The van der Waals surface area contributed by atoms with Gasteiger partial charge in [0.15, 0.2) is 0 Å². The fraction of sp³-hybridized carbons (Fsp3) is 0.316. The van der Waals surface area contributed by atoms with Crippen molar-refractivity contribution >= 4 is 11.0 Å². The number of hydrogen-bond donors (Lipinski definition) is 0. The molecule has 0 aliphatic rings. The van der Waals surface area contributed by atoms with Gasteiger partial charge < -0.3 is 14.0 Å². The second kappa shape index (κ2) is 7.78. The number of aromatic nitrogens is 2. The Kier molecular flexibility index (Phi) is 5.46. The maximum Gasteiger partial charge on any atom is 0.416 e. The zero-order chi connectivity index (χ0) is 18.6. The number of ether oxygens (including phenoxy) is 2. The van der Waals surface area contributed by atoms with Gasteiger partial charge in [-0.05, 0) is 37.3 Å². The van der Waals surface area contributed by atoms with Crippen molar-refractivity contribution in [2.75, 3.05) is 13.2 Å². The number of para-hydroxylation sites is 1. The molecular formula is C19H19F3N2O2. The van der Waals surface area contributed by atoms with E-state index < -0.39 is 11.7 Å². The maximum absolute atomic E-state index is 13.0. The van der Waals surface area contributed by atoms with Gasteiger partial charge in [-0.25, -0.2) is 4.98 Å². The summed E-state index contributed by atoms with van der Waals surface area (Å²) in [7, 11) is 0. The Balaban J connectivity index is 1.91. The van der Waals surface area contributed by atoms with E-state index in [2.05, 4.69) is 4.98 Å². The third kappa shape index (κ3) is 4.16. The molecule has 3 rings (SSSR count). The van der Waals surface area contributed by atoms with E-state index in [4.69, 9.17) is 9.47 Å². The molecule has 0 atom stereocenters. The summed E-state index contributed by atoms with van der Waals surface area (Å²) >= 11 is 0. The number of halogens is 3. The van der Waals surface area contributed by atoms with Crippen molar-refractivity contribution in [2.45, 2.75) is 26.3 Å². The molecule has 0 radical (unpaired) electrons. The van der Waals surface area contributed by atoms with Crippen LogP contribution in [0.15, 0.2) is 48.5 Å². The summed E-state index contributed by atoms with van der Waals surface area (Å²) in [4.78, 5) is 4.36. The molecule has 0 amide bonds. The summed E-state index contributed by atoms with van der Waals surface area (Å²) in [5.41, 5.74) is 0.210. The molecule has 2 aromatic carbocycles. The van der Waals surface area contributed by atoms with Gasteiger partial charge in [0.05, 0.1) is 23.2 Å². The first-order chi connectivity index (χ1) is 12.5. The predicted octanol–water partition coefficient (Wildman–Crippen LogP) is 4.67. The fourth-order valence-electron chi connectivity index (χ4n) is 2.68. The van der Waals surface area contributed by atoms with Gasteiger partial charge in [0.2, 0.25) is 0 Å². The van der Waals surface area contributed by atoms with Gasteiger partial charge in [-0.2, -0.15) is 13.2 Å². The van der Waals surface area contributed by atoms with Crippen LogP contribution in [0.3, 0.4) is 0 Å². The van der Waals surface area contributed by atoms with E-state index in [-0.39, 0.29) is 6.61 Å². The highest BCUT2D eigenvalue weighted by atomic mass is 19.4. The van der Waals surface area contributed by atoms with Crippen molar-refractivity contribution in [3.05, 3.63) is 59.9 Å². The highest BCUT2D eigenvalue weighted by Crippen LogP contribution is 2.31. The summed E-state index contributed by atoms with van der Waals surface area (Å²) in [5.74, 6) is 1.23. The fourth-order valence-corrected chi connectivity index (χ4v) is 2.68. The van der Waals surface area contributed by atoms with Crippen LogP contribution in [0.25, 0.3) is 11.0 Å². The Labute approximate surface area is 149 Å². The molecule has 0 spiro atoms. The van der Waals surface area contributed by atoms with Crippen molar-refractivity contribution in [3.63, 3.8) is 0 Å². The molecule has 0 saturated heterocycles. The molecule has 0 unspecified atom stereocenters. The largest absolute Gasteiger partial charge is 0.486 e. The molecule has 0 aliphatic heterocycles. The van der Waals surface area contributed by atoms with Gasteiger partial charge in [0.1, 0.15) is 18.2 Å². The Morgan fingerprint density at radius 3 is 2.54 bits per heavy atom. The Hall–Kier alpha value is -2.54. The number of fused-ring (bicyclic) bond motifs is 1. The summed E-state index contributed by atoms with van der Waals surface area (Å²) in [5, 5.41) is 0. The standard InChI is InChI=1S/C19H19F3N2O2/c1-2-25-11-10-24-17-9-8-14(19(20,21)22)12-16(17)23-18(24)13-26-15-6-4-3-5-7-15/h3-9,12H,2,10-11,13H2,1H3. The molecule has 3 aromatic rings. The zero-order valence-corrected chi connectivity index (χ0v) is 14.3. The first-order valence-corrected chi connectivity index (χ1v) is 8.31. The molecule has 0 N–H and O–H groups in total. The lowest BCUT2D eigenvalue weighted by Crippen LogP contribution is -2.11. The highest BCUT2D eigenvalue weighted by Gasteiger charge is 2.31. The number of rotatable bonds is 7. The minimum Gasteiger partial charge on any atom is -0.486 e. The van der Waals surface area contributed by atoms with E-state index in [1.165, 1.54) is 6.07 Å². The van der Waals surface area contributed by atoms with E-state index in [1.54, 1.807) is 0 Å². The number of imidazole rings is 1. The highest BCUT2D eigenvalue weighted by molar-refractivity contribution is 5.77. The smallest absolute Gasteiger partial charge is 0.416 e. The molecule has 7 heteroatoms. The second-order valence-electron chi connectivity index (χ2n) is 5.68. The number of benzene rings is 2. The minimum atomic E-state index is -4.40. The van der Waals surface area contributed by atoms with Crippen LogP contribution < -0.4 is 4.74 Å². The Bertz CT molecular complexity index is 860. The average Bonchev–Trinajstić information content (AvgIpc) is 2.97. The van der Waals surface area contributed by atoms with E-state index >= 15 is 0 Å².